The predicted molar refractivity (Wildman–Crippen MR) is 62.4 cm³/mol. The second-order valence-corrected chi connectivity index (χ2v) is 4.05. The summed E-state index contributed by atoms with van der Waals surface area (Å²) in [5.74, 6) is 1.10. The van der Waals surface area contributed by atoms with E-state index < -0.39 is 0 Å². The van der Waals surface area contributed by atoms with Crippen molar-refractivity contribution < 1.29 is 18.7 Å². The molecular formula is C13H16O4. The van der Waals surface area contributed by atoms with Crippen LogP contribution < -0.4 is 0 Å². The Bertz CT molecular complexity index is 399. The van der Waals surface area contributed by atoms with Gasteiger partial charge in [-0.15, -0.1) is 0 Å². The van der Waals surface area contributed by atoms with Crippen LogP contribution in [0.4, 0.5) is 0 Å². The third kappa shape index (κ3) is 3.75. The topological polar surface area (TPSA) is 48.7 Å². The second-order valence-electron chi connectivity index (χ2n) is 4.05. The van der Waals surface area contributed by atoms with E-state index in [0.29, 0.717) is 12.4 Å². The Balaban J connectivity index is 1.74. The molecule has 1 saturated heterocycles. The average molecular weight is 236 g/mol. The van der Waals surface area contributed by atoms with E-state index >= 15 is 0 Å². The molecule has 4 heteroatoms. The summed E-state index contributed by atoms with van der Waals surface area (Å²) in [6.45, 7) is 2.96. The van der Waals surface area contributed by atoms with Gasteiger partial charge in [-0.2, -0.15) is 0 Å². The maximum atomic E-state index is 11.4. The lowest BCUT2D eigenvalue weighted by molar-refractivity contribution is -0.140. The summed E-state index contributed by atoms with van der Waals surface area (Å²) in [6.07, 6.45) is 5.05. The van der Waals surface area contributed by atoms with Gasteiger partial charge in [0.15, 0.2) is 0 Å². The maximum absolute atomic E-state index is 11.4. The van der Waals surface area contributed by atoms with Gasteiger partial charge >= 0.3 is 5.97 Å². The zero-order valence-corrected chi connectivity index (χ0v) is 9.85. The molecule has 0 aliphatic carbocycles. The minimum Gasteiger partial charge on any atom is -0.462 e. The highest BCUT2D eigenvalue weighted by Gasteiger charge is 2.16. The summed E-state index contributed by atoms with van der Waals surface area (Å²) < 4.78 is 15.7. The van der Waals surface area contributed by atoms with Gasteiger partial charge < -0.3 is 13.9 Å². The van der Waals surface area contributed by atoms with Crippen LogP contribution in [0.15, 0.2) is 22.6 Å². The fourth-order valence-electron chi connectivity index (χ4n) is 1.69. The van der Waals surface area contributed by atoms with Crippen molar-refractivity contribution in [2.45, 2.75) is 25.9 Å². The molecule has 1 fully saturated rings. The second kappa shape index (κ2) is 5.68. The van der Waals surface area contributed by atoms with Crippen LogP contribution in [0, 0.1) is 6.92 Å². The van der Waals surface area contributed by atoms with Crippen molar-refractivity contribution in [3.05, 3.63) is 29.7 Å². The van der Waals surface area contributed by atoms with Crippen LogP contribution in [0.2, 0.25) is 0 Å². The minimum absolute atomic E-state index is 0.0678. The van der Waals surface area contributed by atoms with E-state index in [1.165, 1.54) is 6.08 Å². The van der Waals surface area contributed by atoms with Crippen molar-refractivity contribution in [3.8, 4) is 0 Å². The van der Waals surface area contributed by atoms with Crippen LogP contribution in [0.25, 0.3) is 6.08 Å². The van der Waals surface area contributed by atoms with Gasteiger partial charge in [0, 0.05) is 12.7 Å². The van der Waals surface area contributed by atoms with Gasteiger partial charge in [-0.25, -0.2) is 4.79 Å². The van der Waals surface area contributed by atoms with E-state index in [1.54, 1.807) is 12.1 Å². The first kappa shape index (κ1) is 11.9. The van der Waals surface area contributed by atoms with Gasteiger partial charge in [0.05, 0.1) is 6.10 Å². The molecule has 1 aromatic rings. The zero-order valence-electron chi connectivity index (χ0n) is 9.85. The molecule has 0 amide bonds. The number of carbonyl (C=O) groups is 1. The van der Waals surface area contributed by atoms with Crippen LogP contribution in [-0.2, 0) is 14.3 Å². The Hall–Kier alpha value is -1.55. The van der Waals surface area contributed by atoms with E-state index in [2.05, 4.69) is 0 Å². The van der Waals surface area contributed by atoms with Crippen molar-refractivity contribution >= 4 is 12.0 Å². The molecule has 0 bridgehead atoms. The largest absolute Gasteiger partial charge is 0.462 e. The van der Waals surface area contributed by atoms with Crippen LogP contribution in [-0.4, -0.2) is 25.3 Å². The highest BCUT2D eigenvalue weighted by atomic mass is 16.6. The lowest BCUT2D eigenvalue weighted by Gasteiger charge is -2.08. The average Bonchev–Trinajstić information content (AvgIpc) is 2.95. The highest BCUT2D eigenvalue weighted by Crippen LogP contribution is 2.12. The summed E-state index contributed by atoms with van der Waals surface area (Å²) in [5, 5.41) is 0. The normalized spacial score (nSPS) is 19.9. The summed E-state index contributed by atoms with van der Waals surface area (Å²) >= 11 is 0. The molecule has 1 aromatic heterocycles. The fourth-order valence-corrected chi connectivity index (χ4v) is 1.69. The SMILES string of the molecule is Cc1ccc(/C=C/C(=O)OCC2CCCO2)o1. The number of esters is 1. The van der Waals surface area contributed by atoms with E-state index in [9.17, 15) is 4.79 Å². The molecule has 1 atom stereocenters. The lowest BCUT2D eigenvalue weighted by atomic mass is 10.2. The first-order valence-electron chi connectivity index (χ1n) is 5.77. The Morgan fingerprint density at radius 2 is 2.47 bits per heavy atom. The fraction of sp³-hybridized carbons (Fsp3) is 0.462. The van der Waals surface area contributed by atoms with Gasteiger partial charge in [-0.05, 0) is 38.0 Å². The Morgan fingerprint density at radius 1 is 1.59 bits per heavy atom. The lowest BCUT2D eigenvalue weighted by Crippen LogP contribution is -2.16. The van der Waals surface area contributed by atoms with E-state index in [1.807, 2.05) is 13.0 Å². The molecule has 0 spiro atoms. The molecule has 0 aromatic carbocycles. The first-order chi connectivity index (χ1) is 8.24. The van der Waals surface area contributed by atoms with Crippen molar-refractivity contribution in [3.63, 3.8) is 0 Å². The molecule has 0 N–H and O–H groups in total. The summed E-state index contributed by atoms with van der Waals surface area (Å²) in [6, 6.07) is 3.65. The number of hydrogen-bond donors (Lipinski definition) is 0. The van der Waals surface area contributed by atoms with Gasteiger partial charge in [0.25, 0.3) is 0 Å². The number of furan rings is 1. The summed E-state index contributed by atoms with van der Waals surface area (Å²) in [4.78, 5) is 11.4. The van der Waals surface area contributed by atoms with Gasteiger partial charge in [0.2, 0.25) is 0 Å². The minimum atomic E-state index is -0.366. The monoisotopic (exact) mass is 236 g/mol. The quantitative estimate of drug-likeness (QED) is 0.594. The van der Waals surface area contributed by atoms with E-state index in [-0.39, 0.29) is 12.1 Å². The van der Waals surface area contributed by atoms with Crippen LogP contribution >= 0.6 is 0 Å². The molecule has 4 nitrogen and oxygen atoms in total. The zero-order chi connectivity index (χ0) is 12.1. The summed E-state index contributed by atoms with van der Waals surface area (Å²) in [7, 11) is 0. The first-order valence-corrected chi connectivity index (χ1v) is 5.77. The van der Waals surface area contributed by atoms with Crippen molar-refractivity contribution in [1.82, 2.24) is 0 Å². The number of hydrogen-bond acceptors (Lipinski definition) is 4. The molecular weight excluding hydrogens is 220 g/mol. The van der Waals surface area contributed by atoms with Crippen LogP contribution in [0.5, 0.6) is 0 Å². The third-order valence-corrected chi connectivity index (χ3v) is 2.58. The van der Waals surface area contributed by atoms with Gasteiger partial charge in [-0.3, -0.25) is 0 Å². The number of ether oxygens (including phenoxy) is 2. The molecule has 0 radical (unpaired) electrons. The van der Waals surface area contributed by atoms with Crippen molar-refractivity contribution in [2.24, 2.45) is 0 Å². The number of aryl methyl sites for hydroxylation is 1. The number of carbonyl (C=O) groups excluding carboxylic acids is 1. The molecule has 2 heterocycles. The highest BCUT2D eigenvalue weighted by molar-refractivity contribution is 5.86. The molecule has 17 heavy (non-hydrogen) atoms. The molecule has 0 saturated carbocycles. The molecule has 1 unspecified atom stereocenters. The van der Waals surface area contributed by atoms with Gasteiger partial charge in [-0.1, -0.05) is 0 Å². The molecule has 1 aliphatic heterocycles. The standard InChI is InChI=1S/C13H16O4/c1-10-4-5-11(17-10)6-7-13(14)16-9-12-3-2-8-15-12/h4-7,12H,2-3,8-9H2,1H3/b7-6+. The smallest absolute Gasteiger partial charge is 0.330 e. The Labute approximate surface area is 100 Å². The van der Waals surface area contributed by atoms with Crippen molar-refractivity contribution in [2.75, 3.05) is 13.2 Å². The van der Waals surface area contributed by atoms with Crippen LogP contribution in [0.1, 0.15) is 24.4 Å². The Kier molecular flexibility index (Phi) is 3.98. The van der Waals surface area contributed by atoms with Crippen LogP contribution in [0.3, 0.4) is 0 Å². The van der Waals surface area contributed by atoms with Gasteiger partial charge in [0.1, 0.15) is 18.1 Å². The Morgan fingerprint density at radius 3 is 3.12 bits per heavy atom. The summed E-state index contributed by atoms with van der Waals surface area (Å²) in [5.41, 5.74) is 0. The van der Waals surface area contributed by atoms with Crippen molar-refractivity contribution in [1.29, 1.82) is 0 Å². The van der Waals surface area contributed by atoms with E-state index in [4.69, 9.17) is 13.9 Å². The molecule has 2 rings (SSSR count). The molecule has 1 aliphatic rings. The third-order valence-electron chi connectivity index (χ3n) is 2.58. The predicted octanol–water partition coefficient (Wildman–Crippen LogP) is 2.32. The molecule has 92 valence electrons. The number of rotatable bonds is 4. The maximum Gasteiger partial charge on any atom is 0.330 e. The van der Waals surface area contributed by atoms with E-state index in [0.717, 1.165) is 25.2 Å².